The lowest BCUT2D eigenvalue weighted by molar-refractivity contribution is -0.144. The van der Waals surface area contributed by atoms with E-state index < -0.39 is 17.4 Å². The number of nitrogens with zero attached hydrogens (tertiary/aromatic N) is 1. The number of hydrogen-bond donors (Lipinski definition) is 2. The predicted molar refractivity (Wildman–Crippen MR) is 76.0 cm³/mol. The summed E-state index contributed by atoms with van der Waals surface area (Å²) in [6, 6.07) is 3.50. The van der Waals surface area contributed by atoms with Crippen molar-refractivity contribution in [3.63, 3.8) is 0 Å². The molecule has 2 aromatic heterocycles. The number of aromatic nitrogens is 1. The third-order valence-electron chi connectivity index (χ3n) is 3.68. The molecule has 2 N–H and O–H groups in total. The fourth-order valence-electron chi connectivity index (χ4n) is 2.18. The van der Waals surface area contributed by atoms with Gasteiger partial charge in [-0.25, -0.2) is 9.78 Å². The highest BCUT2D eigenvalue weighted by atomic mass is 32.1. The lowest BCUT2D eigenvalue weighted by Gasteiger charge is -2.25. The van der Waals surface area contributed by atoms with Crippen molar-refractivity contribution in [1.82, 2.24) is 10.3 Å². The molecule has 1 fully saturated rings. The number of carbonyl (C=O) groups excluding carboxylic acids is 1. The third kappa shape index (κ3) is 2.56. The Labute approximate surface area is 124 Å². The molecule has 1 aliphatic carbocycles. The van der Waals surface area contributed by atoms with E-state index in [1.807, 2.05) is 0 Å². The maximum absolute atomic E-state index is 12.2. The second-order valence-electron chi connectivity index (χ2n) is 5.25. The summed E-state index contributed by atoms with van der Waals surface area (Å²) in [5.41, 5.74) is -1.02. The molecule has 0 radical (unpaired) electrons. The first-order valence-electron chi connectivity index (χ1n) is 6.56. The Hall–Kier alpha value is -2.15. The fraction of sp³-hybridized carbons (Fsp3) is 0.357. The summed E-state index contributed by atoms with van der Waals surface area (Å²) < 4.78 is 5.22. The summed E-state index contributed by atoms with van der Waals surface area (Å²) in [6.45, 7) is 1.55. The molecule has 2 aromatic rings. The Morgan fingerprint density at radius 2 is 2.29 bits per heavy atom. The van der Waals surface area contributed by atoms with E-state index in [0.29, 0.717) is 10.8 Å². The van der Waals surface area contributed by atoms with Crippen LogP contribution in [-0.2, 0) is 4.79 Å². The monoisotopic (exact) mass is 306 g/mol. The third-order valence-corrected chi connectivity index (χ3v) is 4.54. The number of rotatable bonds is 5. The summed E-state index contributed by atoms with van der Waals surface area (Å²) in [6.07, 6.45) is 3.17. The summed E-state index contributed by atoms with van der Waals surface area (Å²) in [5.74, 6) is -0.912. The van der Waals surface area contributed by atoms with Gasteiger partial charge >= 0.3 is 5.97 Å². The first kappa shape index (κ1) is 13.8. The van der Waals surface area contributed by atoms with Gasteiger partial charge in [-0.3, -0.25) is 4.79 Å². The molecular weight excluding hydrogens is 292 g/mol. The van der Waals surface area contributed by atoms with E-state index >= 15 is 0 Å². The second kappa shape index (κ2) is 5.00. The van der Waals surface area contributed by atoms with Crippen LogP contribution in [-0.4, -0.2) is 27.5 Å². The number of hydrogen-bond acceptors (Lipinski definition) is 5. The standard InChI is InChI=1S/C14H14N2O4S/c1-14(13(18)19,8-4-5-8)16-11(17)9-7-21-12(15-9)10-3-2-6-20-10/h2-3,6-8H,4-5H2,1H3,(H,16,17)(H,18,19). The van der Waals surface area contributed by atoms with Gasteiger partial charge in [0.1, 0.15) is 11.2 Å². The number of carboxylic acid groups (broad SMARTS) is 1. The lowest BCUT2D eigenvalue weighted by Crippen LogP contribution is -2.54. The van der Waals surface area contributed by atoms with Crippen LogP contribution < -0.4 is 5.32 Å². The quantitative estimate of drug-likeness (QED) is 0.884. The minimum atomic E-state index is -1.23. The van der Waals surface area contributed by atoms with Crippen molar-refractivity contribution in [2.75, 3.05) is 0 Å². The highest BCUT2D eigenvalue weighted by Crippen LogP contribution is 2.40. The minimum Gasteiger partial charge on any atom is -0.480 e. The molecule has 1 atom stereocenters. The van der Waals surface area contributed by atoms with E-state index in [0.717, 1.165) is 12.8 Å². The average Bonchev–Trinajstić information content (AvgIpc) is 2.97. The van der Waals surface area contributed by atoms with Gasteiger partial charge in [0.2, 0.25) is 0 Å². The summed E-state index contributed by atoms with van der Waals surface area (Å²) in [7, 11) is 0. The van der Waals surface area contributed by atoms with Gasteiger partial charge in [0, 0.05) is 5.38 Å². The topological polar surface area (TPSA) is 92.4 Å². The molecule has 0 aliphatic heterocycles. The van der Waals surface area contributed by atoms with Crippen molar-refractivity contribution in [2.45, 2.75) is 25.3 Å². The molecular formula is C14H14N2O4S. The van der Waals surface area contributed by atoms with Gasteiger partial charge in [0.05, 0.1) is 6.26 Å². The zero-order chi connectivity index (χ0) is 15.0. The zero-order valence-electron chi connectivity index (χ0n) is 11.3. The molecule has 21 heavy (non-hydrogen) atoms. The lowest BCUT2D eigenvalue weighted by atomic mass is 9.96. The number of aliphatic carboxylic acids is 1. The molecule has 3 rings (SSSR count). The van der Waals surface area contributed by atoms with Crippen LogP contribution >= 0.6 is 11.3 Å². The van der Waals surface area contributed by atoms with Gasteiger partial charge in [-0.2, -0.15) is 0 Å². The molecule has 0 aromatic carbocycles. The number of nitrogens with one attached hydrogen (secondary N) is 1. The zero-order valence-corrected chi connectivity index (χ0v) is 12.1. The summed E-state index contributed by atoms with van der Waals surface area (Å²) in [4.78, 5) is 27.8. The van der Waals surface area contributed by atoms with Gasteiger partial charge < -0.3 is 14.8 Å². The summed E-state index contributed by atoms with van der Waals surface area (Å²) >= 11 is 1.28. The fourth-order valence-corrected chi connectivity index (χ4v) is 2.95. The molecule has 110 valence electrons. The van der Waals surface area contributed by atoms with Crippen molar-refractivity contribution in [2.24, 2.45) is 5.92 Å². The van der Waals surface area contributed by atoms with E-state index in [2.05, 4.69) is 10.3 Å². The highest BCUT2D eigenvalue weighted by molar-refractivity contribution is 7.13. The van der Waals surface area contributed by atoms with Crippen LogP contribution in [0.25, 0.3) is 10.8 Å². The van der Waals surface area contributed by atoms with Gasteiger partial charge in [0.25, 0.3) is 5.91 Å². The Morgan fingerprint density at radius 3 is 2.86 bits per heavy atom. The number of amides is 1. The van der Waals surface area contributed by atoms with E-state index in [9.17, 15) is 14.7 Å². The van der Waals surface area contributed by atoms with E-state index in [1.165, 1.54) is 17.6 Å². The minimum absolute atomic E-state index is 0.0119. The SMILES string of the molecule is CC(NC(=O)c1csc(-c2ccco2)n1)(C(=O)O)C1CC1. The molecule has 0 saturated heterocycles. The van der Waals surface area contributed by atoms with Crippen molar-refractivity contribution < 1.29 is 19.1 Å². The Morgan fingerprint density at radius 1 is 1.52 bits per heavy atom. The van der Waals surface area contributed by atoms with Crippen LogP contribution in [0.15, 0.2) is 28.2 Å². The maximum atomic E-state index is 12.2. The van der Waals surface area contributed by atoms with Crippen LogP contribution in [0.3, 0.4) is 0 Å². The number of carboxylic acids is 1. The van der Waals surface area contributed by atoms with Crippen LogP contribution in [0.1, 0.15) is 30.3 Å². The van der Waals surface area contributed by atoms with Crippen LogP contribution in [0.2, 0.25) is 0 Å². The summed E-state index contributed by atoms with van der Waals surface area (Å²) in [5, 5.41) is 14.1. The smallest absolute Gasteiger partial charge is 0.329 e. The number of carbonyl (C=O) groups is 2. The molecule has 1 amide bonds. The second-order valence-corrected chi connectivity index (χ2v) is 6.11. The van der Waals surface area contributed by atoms with Crippen molar-refractivity contribution >= 4 is 23.2 Å². The Kier molecular flexibility index (Phi) is 3.29. The van der Waals surface area contributed by atoms with Crippen molar-refractivity contribution in [1.29, 1.82) is 0 Å². The van der Waals surface area contributed by atoms with Gasteiger partial charge in [-0.05, 0) is 37.8 Å². The molecule has 1 unspecified atom stereocenters. The van der Waals surface area contributed by atoms with Crippen LogP contribution in [0, 0.1) is 5.92 Å². The predicted octanol–water partition coefficient (Wildman–Crippen LogP) is 2.39. The van der Waals surface area contributed by atoms with E-state index in [1.54, 1.807) is 24.4 Å². The Bertz CT molecular complexity index is 675. The average molecular weight is 306 g/mol. The molecule has 0 bridgehead atoms. The molecule has 1 saturated carbocycles. The number of furan rings is 1. The van der Waals surface area contributed by atoms with Gasteiger partial charge in [-0.15, -0.1) is 11.3 Å². The molecule has 7 heteroatoms. The first-order valence-corrected chi connectivity index (χ1v) is 7.44. The largest absolute Gasteiger partial charge is 0.480 e. The van der Waals surface area contributed by atoms with Crippen LogP contribution in [0.5, 0.6) is 0 Å². The van der Waals surface area contributed by atoms with Crippen LogP contribution in [0.4, 0.5) is 0 Å². The van der Waals surface area contributed by atoms with Crippen molar-refractivity contribution in [3.8, 4) is 10.8 Å². The molecule has 2 heterocycles. The van der Waals surface area contributed by atoms with E-state index in [-0.39, 0.29) is 11.6 Å². The first-order chi connectivity index (χ1) is 10.0. The van der Waals surface area contributed by atoms with E-state index in [4.69, 9.17) is 4.42 Å². The van der Waals surface area contributed by atoms with Crippen molar-refractivity contribution in [3.05, 3.63) is 29.5 Å². The molecule has 1 aliphatic rings. The molecule has 0 spiro atoms. The van der Waals surface area contributed by atoms with Gasteiger partial charge in [-0.1, -0.05) is 0 Å². The Balaban J connectivity index is 1.78. The molecule has 6 nitrogen and oxygen atoms in total. The number of thiazole rings is 1. The normalized spacial score (nSPS) is 17.2. The van der Waals surface area contributed by atoms with Gasteiger partial charge in [0.15, 0.2) is 10.8 Å². The maximum Gasteiger partial charge on any atom is 0.329 e. The highest BCUT2D eigenvalue weighted by Gasteiger charge is 2.48.